The number of carbonyl (C=O) groups excluding carboxylic acids is 1. The summed E-state index contributed by atoms with van der Waals surface area (Å²) < 4.78 is 7.68. The highest BCUT2D eigenvalue weighted by molar-refractivity contribution is 7.15. The number of ether oxygens (including phenoxy) is 1. The maximum atomic E-state index is 12.4. The van der Waals surface area contributed by atoms with Crippen LogP contribution in [0.5, 0.6) is 5.75 Å². The summed E-state index contributed by atoms with van der Waals surface area (Å²) in [5.74, 6) is 0.501. The lowest BCUT2D eigenvalue weighted by atomic mass is 9.87. The number of hydrogen-bond acceptors (Lipinski definition) is 5. The molecule has 0 radical (unpaired) electrons. The van der Waals surface area contributed by atoms with Crippen LogP contribution >= 0.6 is 22.9 Å². The third kappa shape index (κ3) is 5.00. The highest BCUT2D eigenvalue weighted by Gasteiger charge is 2.13. The first-order valence-corrected chi connectivity index (χ1v) is 11.3. The number of fused-ring (bicyclic) bond motifs is 1. The highest BCUT2D eigenvalue weighted by Crippen LogP contribution is 2.24. The van der Waals surface area contributed by atoms with E-state index in [-0.39, 0.29) is 11.3 Å². The molecule has 4 rings (SSSR count). The zero-order valence-electron chi connectivity index (χ0n) is 18.0. The van der Waals surface area contributed by atoms with Gasteiger partial charge in [0.25, 0.3) is 5.91 Å². The normalized spacial score (nSPS) is 11.9. The molecule has 2 aromatic carbocycles. The second-order valence-corrected chi connectivity index (χ2v) is 9.53. The van der Waals surface area contributed by atoms with Gasteiger partial charge in [0.2, 0.25) is 0 Å². The molecule has 0 fully saturated rings. The van der Waals surface area contributed by atoms with Crippen molar-refractivity contribution in [2.75, 3.05) is 0 Å². The van der Waals surface area contributed by atoms with E-state index < -0.39 is 0 Å². The second kappa shape index (κ2) is 9.14. The molecule has 0 saturated heterocycles. The number of nitrogens with one attached hydrogen (secondary N) is 1. The van der Waals surface area contributed by atoms with Crippen LogP contribution in [0.15, 0.2) is 65.2 Å². The average molecular weight is 467 g/mol. The van der Waals surface area contributed by atoms with E-state index in [2.05, 4.69) is 48.4 Å². The van der Waals surface area contributed by atoms with Crippen LogP contribution in [0.25, 0.3) is 4.96 Å². The van der Waals surface area contributed by atoms with Crippen molar-refractivity contribution in [1.82, 2.24) is 14.8 Å². The molecule has 6 nitrogen and oxygen atoms in total. The Labute approximate surface area is 195 Å². The van der Waals surface area contributed by atoms with Gasteiger partial charge in [0.05, 0.1) is 6.21 Å². The molecule has 32 heavy (non-hydrogen) atoms. The SMILES string of the molecule is CC(C)(C)c1ccc(OCc2ccc(C(=O)N/N=C/c3c(Cl)nc4sccn34)cc2)cc1. The topological polar surface area (TPSA) is 68.0 Å². The summed E-state index contributed by atoms with van der Waals surface area (Å²) in [5.41, 5.74) is 5.98. The minimum absolute atomic E-state index is 0.111. The first-order valence-electron chi connectivity index (χ1n) is 10.1. The molecule has 0 aliphatic rings. The van der Waals surface area contributed by atoms with Gasteiger partial charge in [-0.05, 0) is 40.8 Å². The first kappa shape index (κ1) is 22.0. The van der Waals surface area contributed by atoms with Gasteiger partial charge in [-0.3, -0.25) is 9.20 Å². The van der Waals surface area contributed by atoms with Gasteiger partial charge >= 0.3 is 0 Å². The molecule has 0 spiro atoms. The number of aromatic nitrogens is 2. The lowest BCUT2D eigenvalue weighted by molar-refractivity contribution is 0.0955. The molecule has 0 bridgehead atoms. The van der Waals surface area contributed by atoms with Crippen molar-refractivity contribution < 1.29 is 9.53 Å². The van der Waals surface area contributed by atoms with Gasteiger partial charge in [0, 0.05) is 17.1 Å². The van der Waals surface area contributed by atoms with Crippen molar-refractivity contribution in [2.45, 2.75) is 32.8 Å². The van der Waals surface area contributed by atoms with Gasteiger partial charge in [-0.15, -0.1) is 11.3 Å². The van der Waals surface area contributed by atoms with E-state index in [1.807, 2.05) is 40.2 Å². The number of halogens is 1. The maximum Gasteiger partial charge on any atom is 0.271 e. The van der Waals surface area contributed by atoms with Gasteiger partial charge in [-0.2, -0.15) is 5.10 Å². The zero-order valence-corrected chi connectivity index (χ0v) is 19.6. The summed E-state index contributed by atoms with van der Waals surface area (Å²) >= 11 is 7.59. The Morgan fingerprint density at radius 2 is 1.91 bits per heavy atom. The van der Waals surface area contributed by atoms with E-state index in [1.165, 1.54) is 23.1 Å². The smallest absolute Gasteiger partial charge is 0.271 e. The fourth-order valence-electron chi connectivity index (χ4n) is 3.08. The fourth-order valence-corrected chi connectivity index (χ4v) is 4.07. The van der Waals surface area contributed by atoms with Crippen molar-refractivity contribution in [3.05, 3.63) is 87.6 Å². The Kier molecular flexibility index (Phi) is 6.30. The largest absolute Gasteiger partial charge is 0.489 e. The average Bonchev–Trinajstić information content (AvgIpc) is 3.33. The quantitative estimate of drug-likeness (QED) is 0.293. The van der Waals surface area contributed by atoms with Crippen LogP contribution in [0.1, 0.15) is 48.0 Å². The fraction of sp³-hybridized carbons (Fsp3) is 0.208. The van der Waals surface area contributed by atoms with E-state index in [4.69, 9.17) is 16.3 Å². The van der Waals surface area contributed by atoms with Crippen LogP contribution in [-0.4, -0.2) is 21.5 Å². The number of hydrazone groups is 1. The van der Waals surface area contributed by atoms with Crippen molar-refractivity contribution in [3.63, 3.8) is 0 Å². The van der Waals surface area contributed by atoms with E-state index in [1.54, 1.807) is 12.1 Å². The first-order chi connectivity index (χ1) is 15.3. The predicted molar refractivity (Wildman–Crippen MR) is 129 cm³/mol. The van der Waals surface area contributed by atoms with Crippen molar-refractivity contribution >= 4 is 40.0 Å². The van der Waals surface area contributed by atoms with Crippen LogP contribution in [0.4, 0.5) is 0 Å². The monoisotopic (exact) mass is 466 g/mol. The van der Waals surface area contributed by atoms with Gasteiger partial charge in [-0.25, -0.2) is 10.4 Å². The molecule has 0 aliphatic carbocycles. The van der Waals surface area contributed by atoms with Crippen LogP contribution in [0, 0.1) is 0 Å². The number of thiazole rings is 1. The Bertz CT molecular complexity index is 1250. The Balaban J connectivity index is 1.32. The molecule has 164 valence electrons. The van der Waals surface area contributed by atoms with Crippen LogP contribution < -0.4 is 10.2 Å². The van der Waals surface area contributed by atoms with Gasteiger partial charge in [0.1, 0.15) is 18.1 Å². The number of benzene rings is 2. The van der Waals surface area contributed by atoms with Crippen molar-refractivity contribution in [2.24, 2.45) is 5.10 Å². The molecular weight excluding hydrogens is 444 g/mol. The summed E-state index contributed by atoms with van der Waals surface area (Å²) in [6.45, 7) is 6.97. The number of rotatable bonds is 6. The Hall–Kier alpha value is -3.16. The van der Waals surface area contributed by atoms with Gasteiger partial charge in [0.15, 0.2) is 10.1 Å². The molecule has 2 heterocycles. The standard InChI is InChI=1S/C24H23ClN4O2S/c1-24(2,3)18-8-10-19(11-9-18)31-15-16-4-6-17(7-5-16)22(30)28-26-14-20-21(25)27-23-29(20)12-13-32-23/h4-14H,15H2,1-3H3,(H,28,30)/b26-14+. The predicted octanol–water partition coefficient (Wildman–Crippen LogP) is 5.69. The van der Waals surface area contributed by atoms with E-state index in [0.717, 1.165) is 16.3 Å². The minimum atomic E-state index is -0.311. The molecule has 0 unspecified atom stereocenters. The number of carbonyl (C=O) groups is 1. The van der Waals surface area contributed by atoms with Crippen molar-refractivity contribution in [1.29, 1.82) is 0 Å². The lowest BCUT2D eigenvalue weighted by Gasteiger charge is -2.19. The summed E-state index contributed by atoms with van der Waals surface area (Å²) in [5, 5.41) is 6.26. The molecule has 1 N–H and O–H groups in total. The number of nitrogens with zero attached hydrogens (tertiary/aromatic N) is 3. The molecule has 0 aliphatic heterocycles. The number of hydrogen-bond donors (Lipinski definition) is 1. The molecule has 1 amide bonds. The van der Waals surface area contributed by atoms with Crippen LogP contribution in [0.3, 0.4) is 0 Å². The Morgan fingerprint density at radius 3 is 2.59 bits per heavy atom. The summed E-state index contributed by atoms with van der Waals surface area (Å²) in [6.07, 6.45) is 3.34. The summed E-state index contributed by atoms with van der Waals surface area (Å²) in [6, 6.07) is 15.4. The maximum absolute atomic E-state index is 12.4. The zero-order chi connectivity index (χ0) is 22.7. The minimum Gasteiger partial charge on any atom is -0.489 e. The van der Waals surface area contributed by atoms with Crippen LogP contribution in [0.2, 0.25) is 5.15 Å². The molecule has 0 atom stereocenters. The third-order valence-electron chi connectivity index (χ3n) is 4.95. The molecular formula is C24H23ClN4O2S. The van der Waals surface area contributed by atoms with E-state index in [0.29, 0.717) is 23.0 Å². The van der Waals surface area contributed by atoms with E-state index >= 15 is 0 Å². The van der Waals surface area contributed by atoms with Crippen LogP contribution in [-0.2, 0) is 12.0 Å². The second-order valence-electron chi connectivity index (χ2n) is 8.30. The third-order valence-corrected chi connectivity index (χ3v) is 5.98. The van der Waals surface area contributed by atoms with Crippen molar-refractivity contribution in [3.8, 4) is 5.75 Å². The lowest BCUT2D eigenvalue weighted by Crippen LogP contribution is -2.17. The highest BCUT2D eigenvalue weighted by atomic mass is 35.5. The molecule has 8 heteroatoms. The van der Waals surface area contributed by atoms with Gasteiger partial charge in [-0.1, -0.05) is 56.6 Å². The van der Waals surface area contributed by atoms with Gasteiger partial charge < -0.3 is 4.74 Å². The Morgan fingerprint density at radius 1 is 1.19 bits per heavy atom. The molecule has 2 aromatic heterocycles. The molecule has 4 aromatic rings. The number of amides is 1. The summed E-state index contributed by atoms with van der Waals surface area (Å²) in [7, 11) is 0. The van der Waals surface area contributed by atoms with E-state index in [9.17, 15) is 4.79 Å². The summed E-state index contributed by atoms with van der Waals surface area (Å²) in [4.78, 5) is 17.4. The molecule has 0 saturated carbocycles. The number of imidazole rings is 1.